The Morgan fingerprint density at radius 1 is 0.511 bits per heavy atom. The van der Waals surface area contributed by atoms with E-state index in [-0.39, 0.29) is 5.97 Å². The van der Waals surface area contributed by atoms with Crippen molar-refractivity contribution in [3.05, 3.63) is 120 Å². The summed E-state index contributed by atoms with van der Waals surface area (Å²) in [5.41, 5.74) is 5.00. The van der Waals surface area contributed by atoms with E-state index in [4.69, 9.17) is 34.6 Å². The van der Waals surface area contributed by atoms with Crippen molar-refractivity contribution >= 4 is 5.97 Å². The Hall–Kier alpha value is -5.63. The second kappa shape index (κ2) is 13.8. The van der Waals surface area contributed by atoms with Crippen LogP contribution in [0, 0.1) is 0 Å². The maximum atomic E-state index is 12.2. The standard InChI is InChI=1S/C37H32N6O2/c1-3-5-12-25-17-19-28(20-18-25)33-38-31(26-13-8-6-9-14-26)40-35(42-33)36-41-32(27-15-10-7-11-16-27)39-34(43-36)29-21-23-30(24-22-29)37(44)45-4-2/h6-11,13-24H,3-5,12H2,1-2H3. The number of benzene rings is 4. The van der Waals surface area contributed by atoms with Crippen LogP contribution in [0.1, 0.15) is 42.6 Å². The van der Waals surface area contributed by atoms with E-state index in [2.05, 4.69) is 31.2 Å². The van der Waals surface area contributed by atoms with Crippen LogP contribution in [0.15, 0.2) is 109 Å². The van der Waals surface area contributed by atoms with Crippen molar-refractivity contribution < 1.29 is 9.53 Å². The summed E-state index contributed by atoms with van der Waals surface area (Å²) in [7, 11) is 0. The van der Waals surface area contributed by atoms with Gasteiger partial charge < -0.3 is 4.74 Å². The lowest BCUT2D eigenvalue weighted by Crippen LogP contribution is -2.06. The van der Waals surface area contributed by atoms with Crippen LogP contribution in [-0.4, -0.2) is 42.5 Å². The molecule has 8 nitrogen and oxygen atoms in total. The van der Waals surface area contributed by atoms with E-state index < -0.39 is 0 Å². The number of rotatable bonds is 10. The van der Waals surface area contributed by atoms with Crippen LogP contribution < -0.4 is 0 Å². The Kier molecular flexibility index (Phi) is 9.01. The summed E-state index contributed by atoms with van der Waals surface area (Å²) in [5, 5.41) is 0. The number of aryl methyl sites for hydroxylation is 1. The molecule has 0 aliphatic heterocycles. The van der Waals surface area contributed by atoms with Gasteiger partial charge in [-0.2, -0.15) is 0 Å². The van der Waals surface area contributed by atoms with Gasteiger partial charge in [-0.25, -0.2) is 34.7 Å². The molecule has 0 unspecified atom stereocenters. The fourth-order valence-corrected chi connectivity index (χ4v) is 4.81. The van der Waals surface area contributed by atoms with Gasteiger partial charge in [0, 0.05) is 22.3 Å². The number of carbonyl (C=O) groups is 1. The highest BCUT2D eigenvalue weighted by Gasteiger charge is 2.18. The van der Waals surface area contributed by atoms with E-state index in [1.165, 1.54) is 5.56 Å². The number of nitrogens with zero attached hydrogens (tertiary/aromatic N) is 6. The first-order valence-electron chi connectivity index (χ1n) is 15.1. The van der Waals surface area contributed by atoms with Crippen molar-refractivity contribution in [2.75, 3.05) is 6.61 Å². The summed E-state index contributed by atoms with van der Waals surface area (Å²) in [4.78, 5) is 41.3. The molecule has 0 spiro atoms. The van der Waals surface area contributed by atoms with Crippen molar-refractivity contribution in [2.24, 2.45) is 0 Å². The topological polar surface area (TPSA) is 104 Å². The Morgan fingerprint density at radius 3 is 1.33 bits per heavy atom. The van der Waals surface area contributed by atoms with Crippen molar-refractivity contribution in [1.82, 2.24) is 29.9 Å². The number of ether oxygens (including phenoxy) is 1. The third kappa shape index (κ3) is 6.96. The second-order valence-electron chi connectivity index (χ2n) is 10.4. The maximum Gasteiger partial charge on any atom is 0.338 e. The van der Waals surface area contributed by atoms with Crippen LogP contribution in [0.5, 0.6) is 0 Å². The molecular weight excluding hydrogens is 560 g/mol. The highest BCUT2D eigenvalue weighted by molar-refractivity contribution is 5.90. The fourth-order valence-electron chi connectivity index (χ4n) is 4.81. The molecule has 0 saturated carbocycles. The molecule has 0 atom stereocenters. The second-order valence-corrected chi connectivity index (χ2v) is 10.4. The van der Waals surface area contributed by atoms with Gasteiger partial charge in [0.05, 0.1) is 12.2 Å². The summed E-state index contributed by atoms with van der Waals surface area (Å²) in [5.74, 6) is 2.23. The lowest BCUT2D eigenvalue weighted by Gasteiger charge is -2.10. The first-order valence-corrected chi connectivity index (χ1v) is 15.1. The smallest absolute Gasteiger partial charge is 0.338 e. The van der Waals surface area contributed by atoms with Gasteiger partial charge >= 0.3 is 5.97 Å². The summed E-state index contributed by atoms with van der Waals surface area (Å²) in [6.45, 7) is 4.28. The molecule has 2 heterocycles. The van der Waals surface area contributed by atoms with E-state index in [0.29, 0.717) is 52.7 Å². The van der Waals surface area contributed by atoms with E-state index in [0.717, 1.165) is 36.0 Å². The average molecular weight is 593 g/mol. The molecule has 45 heavy (non-hydrogen) atoms. The molecule has 222 valence electrons. The molecule has 0 saturated heterocycles. The van der Waals surface area contributed by atoms with Gasteiger partial charge in [-0.1, -0.05) is 110 Å². The Morgan fingerprint density at radius 2 is 0.911 bits per heavy atom. The van der Waals surface area contributed by atoms with E-state index in [9.17, 15) is 4.79 Å². The van der Waals surface area contributed by atoms with Crippen LogP contribution in [0.3, 0.4) is 0 Å². The molecular formula is C37H32N6O2. The average Bonchev–Trinajstić information content (AvgIpc) is 3.11. The molecule has 6 rings (SSSR count). The Bertz CT molecular complexity index is 1900. The normalized spacial score (nSPS) is 10.9. The van der Waals surface area contributed by atoms with Crippen LogP contribution >= 0.6 is 0 Å². The van der Waals surface area contributed by atoms with Crippen LogP contribution in [-0.2, 0) is 11.2 Å². The minimum absolute atomic E-state index is 0.305. The molecule has 8 heteroatoms. The molecule has 0 fully saturated rings. The van der Waals surface area contributed by atoms with Crippen LogP contribution in [0.25, 0.3) is 57.2 Å². The zero-order valence-corrected chi connectivity index (χ0v) is 25.2. The highest BCUT2D eigenvalue weighted by Crippen LogP contribution is 2.27. The largest absolute Gasteiger partial charge is 0.462 e. The number of aromatic nitrogens is 6. The minimum atomic E-state index is -0.380. The van der Waals surface area contributed by atoms with Crippen molar-refractivity contribution in [3.63, 3.8) is 0 Å². The van der Waals surface area contributed by atoms with E-state index in [1.54, 1.807) is 31.2 Å². The van der Waals surface area contributed by atoms with Gasteiger partial charge in [0.15, 0.2) is 23.3 Å². The molecule has 0 radical (unpaired) electrons. The summed E-state index contributed by atoms with van der Waals surface area (Å²) >= 11 is 0. The minimum Gasteiger partial charge on any atom is -0.462 e. The van der Waals surface area contributed by atoms with Crippen LogP contribution in [0.4, 0.5) is 0 Å². The molecule has 4 aromatic carbocycles. The predicted molar refractivity (Wildman–Crippen MR) is 175 cm³/mol. The van der Waals surface area contributed by atoms with E-state index in [1.807, 2.05) is 60.7 Å². The molecule has 0 N–H and O–H groups in total. The molecule has 0 bridgehead atoms. The maximum absolute atomic E-state index is 12.2. The number of unbranched alkanes of at least 4 members (excludes halogenated alkanes) is 1. The monoisotopic (exact) mass is 592 g/mol. The third-order valence-electron chi connectivity index (χ3n) is 7.22. The van der Waals surface area contributed by atoms with Crippen molar-refractivity contribution in [3.8, 4) is 57.2 Å². The molecule has 2 aromatic heterocycles. The summed E-state index contributed by atoms with van der Waals surface area (Å²) in [6, 6.07) is 34.9. The van der Waals surface area contributed by atoms with Gasteiger partial charge in [0.25, 0.3) is 0 Å². The lowest BCUT2D eigenvalue weighted by atomic mass is 10.1. The number of hydrogen-bond acceptors (Lipinski definition) is 8. The van der Waals surface area contributed by atoms with Crippen LogP contribution in [0.2, 0.25) is 0 Å². The summed E-state index contributed by atoms with van der Waals surface area (Å²) in [6.07, 6.45) is 3.32. The zero-order chi connectivity index (χ0) is 31.0. The molecule has 6 aromatic rings. The Balaban J connectivity index is 1.49. The third-order valence-corrected chi connectivity index (χ3v) is 7.22. The van der Waals surface area contributed by atoms with Crippen molar-refractivity contribution in [2.45, 2.75) is 33.1 Å². The van der Waals surface area contributed by atoms with Gasteiger partial charge in [0.1, 0.15) is 0 Å². The van der Waals surface area contributed by atoms with Gasteiger partial charge in [-0.15, -0.1) is 0 Å². The van der Waals surface area contributed by atoms with Gasteiger partial charge in [-0.3, -0.25) is 0 Å². The molecule has 0 aliphatic carbocycles. The SMILES string of the molecule is CCCCc1ccc(-c2nc(-c3ccccc3)nc(-c3nc(-c4ccccc4)nc(-c4ccc(C(=O)OCC)cc4)n3)n2)cc1. The lowest BCUT2D eigenvalue weighted by molar-refractivity contribution is 0.0526. The summed E-state index contributed by atoms with van der Waals surface area (Å²) < 4.78 is 5.14. The Labute approximate surface area is 262 Å². The molecule has 0 aliphatic rings. The first kappa shape index (κ1) is 29.4. The quantitative estimate of drug-likeness (QED) is 0.148. The van der Waals surface area contributed by atoms with Gasteiger partial charge in [-0.05, 0) is 37.5 Å². The highest BCUT2D eigenvalue weighted by atomic mass is 16.5. The number of hydrogen-bond donors (Lipinski definition) is 0. The first-order chi connectivity index (χ1) is 22.1. The zero-order valence-electron chi connectivity index (χ0n) is 25.2. The van der Waals surface area contributed by atoms with Crippen molar-refractivity contribution in [1.29, 1.82) is 0 Å². The fraction of sp³-hybridized carbons (Fsp3) is 0.162. The number of carbonyl (C=O) groups excluding carboxylic acids is 1. The van der Waals surface area contributed by atoms with Gasteiger partial charge in [0.2, 0.25) is 11.6 Å². The molecule has 0 amide bonds. The number of esters is 1. The predicted octanol–water partition coefficient (Wildman–Crippen LogP) is 7.91. The van der Waals surface area contributed by atoms with E-state index >= 15 is 0 Å².